The van der Waals surface area contributed by atoms with Gasteiger partial charge in [0.15, 0.2) is 17.3 Å². The first-order valence-electron chi connectivity index (χ1n) is 16.7. The zero-order valence-corrected chi connectivity index (χ0v) is 28.1. The van der Waals surface area contributed by atoms with E-state index < -0.39 is 28.8 Å². The second-order valence-corrected chi connectivity index (χ2v) is 12.2. The molecule has 0 saturated carbocycles. The van der Waals surface area contributed by atoms with E-state index in [1.165, 1.54) is 28.7 Å². The van der Waals surface area contributed by atoms with Crippen LogP contribution < -0.4 is 21.5 Å². The molecule has 0 radical (unpaired) electrons. The first kappa shape index (κ1) is 34.9. The number of amides is 3. The Morgan fingerprint density at radius 3 is 2.51 bits per heavy atom. The van der Waals surface area contributed by atoms with E-state index >= 15 is 0 Å². The Labute approximate surface area is 290 Å². The number of aromatic amines is 1. The number of hydrogen-bond acceptors (Lipinski definition) is 7. The van der Waals surface area contributed by atoms with Crippen molar-refractivity contribution in [2.75, 3.05) is 31.1 Å². The number of anilines is 1. The van der Waals surface area contributed by atoms with Gasteiger partial charge in [-0.15, -0.1) is 0 Å². The molecule has 0 bridgehead atoms. The third-order valence-corrected chi connectivity index (χ3v) is 8.72. The molecular weight excluding hydrogens is 662 g/mol. The number of rotatable bonds is 12. The van der Waals surface area contributed by atoms with Crippen LogP contribution in [0.25, 0.3) is 22.6 Å². The van der Waals surface area contributed by atoms with Gasteiger partial charge in [0.05, 0.1) is 0 Å². The van der Waals surface area contributed by atoms with Gasteiger partial charge in [0.2, 0.25) is 5.91 Å². The molecule has 2 aromatic carbocycles. The molecule has 0 fully saturated rings. The molecule has 15 heteroatoms. The van der Waals surface area contributed by atoms with Crippen molar-refractivity contribution in [2.24, 2.45) is 0 Å². The summed E-state index contributed by atoms with van der Waals surface area (Å²) in [5, 5.41) is 2.59. The fourth-order valence-electron chi connectivity index (χ4n) is 6.17. The van der Waals surface area contributed by atoms with E-state index in [-0.39, 0.29) is 59.8 Å². The summed E-state index contributed by atoms with van der Waals surface area (Å²) in [7, 11) is 0. The second kappa shape index (κ2) is 14.9. The Bertz CT molecular complexity index is 2250. The van der Waals surface area contributed by atoms with Gasteiger partial charge in [0.25, 0.3) is 17.4 Å². The highest BCUT2D eigenvalue weighted by Gasteiger charge is 2.26. The molecule has 4 heterocycles. The molecule has 0 spiro atoms. The predicted molar refractivity (Wildman–Crippen MR) is 186 cm³/mol. The van der Waals surface area contributed by atoms with Crippen LogP contribution in [0.15, 0.2) is 70.4 Å². The van der Waals surface area contributed by atoms with Crippen LogP contribution in [0.2, 0.25) is 0 Å². The third kappa shape index (κ3) is 7.18. The molecule has 1 aliphatic heterocycles. The van der Waals surface area contributed by atoms with Crippen LogP contribution in [-0.2, 0) is 24.3 Å². The van der Waals surface area contributed by atoms with Crippen LogP contribution >= 0.6 is 0 Å². The number of H-pyrrole nitrogens is 1. The Hall–Kier alpha value is -5.99. The maximum atomic E-state index is 14.2. The molecule has 3 amide bonds. The number of nitrogens with one attached hydrogen (secondary N) is 2. The minimum absolute atomic E-state index is 0.0253. The van der Waals surface area contributed by atoms with Gasteiger partial charge in [-0.25, -0.2) is 23.5 Å². The van der Waals surface area contributed by atoms with Gasteiger partial charge in [-0.1, -0.05) is 25.1 Å². The number of hydrogen-bond donors (Lipinski definition) is 2. The van der Waals surface area contributed by atoms with Gasteiger partial charge < -0.3 is 15.2 Å². The van der Waals surface area contributed by atoms with Crippen LogP contribution in [0.1, 0.15) is 53.0 Å². The van der Waals surface area contributed by atoms with Gasteiger partial charge in [0, 0.05) is 69.1 Å². The number of benzene rings is 2. The van der Waals surface area contributed by atoms with Gasteiger partial charge in [0.1, 0.15) is 17.2 Å². The Morgan fingerprint density at radius 1 is 0.980 bits per heavy atom. The van der Waals surface area contributed by atoms with Crippen molar-refractivity contribution in [1.29, 1.82) is 0 Å². The molecule has 0 atom stereocenters. The maximum Gasteiger partial charge on any atom is 0.332 e. The summed E-state index contributed by atoms with van der Waals surface area (Å²) in [5.74, 6) is -2.77. The lowest BCUT2D eigenvalue weighted by Gasteiger charge is -2.29. The minimum Gasteiger partial charge on any atom is -0.355 e. The van der Waals surface area contributed by atoms with Gasteiger partial charge in [-0.3, -0.25) is 33.2 Å². The number of aromatic nitrogens is 5. The Kier molecular flexibility index (Phi) is 10.2. The first-order valence-corrected chi connectivity index (χ1v) is 16.7. The number of pyridine rings is 1. The van der Waals surface area contributed by atoms with Crippen LogP contribution in [-0.4, -0.2) is 72.9 Å². The average Bonchev–Trinajstić information content (AvgIpc) is 3.58. The predicted octanol–water partition coefficient (Wildman–Crippen LogP) is 3.51. The lowest BCUT2D eigenvalue weighted by molar-refractivity contribution is -0.119. The Balaban J connectivity index is 1.28. The quantitative estimate of drug-likeness (QED) is 0.202. The molecule has 3 aromatic heterocycles. The highest BCUT2D eigenvalue weighted by molar-refractivity contribution is 6.05. The maximum absolute atomic E-state index is 14.2. The smallest absolute Gasteiger partial charge is 0.332 e. The Morgan fingerprint density at radius 2 is 1.78 bits per heavy atom. The van der Waals surface area contributed by atoms with Crippen molar-refractivity contribution in [3.63, 3.8) is 0 Å². The average molecular weight is 699 g/mol. The van der Waals surface area contributed by atoms with E-state index in [4.69, 9.17) is 0 Å². The van der Waals surface area contributed by atoms with Crippen LogP contribution in [0.5, 0.6) is 0 Å². The number of fused-ring (bicyclic) bond motifs is 2. The summed E-state index contributed by atoms with van der Waals surface area (Å²) in [6, 6.07) is 13.6. The summed E-state index contributed by atoms with van der Waals surface area (Å²) in [6.45, 7) is 4.60. The van der Waals surface area contributed by atoms with E-state index in [2.05, 4.69) is 20.3 Å². The number of imidazole rings is 1. The summed E-state index contributed by atoms with van der Waals surface area (Å²) < 4.78 is 30.3. The molecule has 51 heavy (non-hydrogen) atoms. The highest BCUT2D eigenvalue weighted by atomic mass is 19.2. The zero-order valence-electron chi connectivity index (χ0n) is 28.1. The highest BCUT2D eigenvalue weighted by Crippen LogP contribution is 2.24. The minimum atomic E-state index is -1.16. The van der Waals surface area contributed by atoms with E-state index in [9.17, 15) is 32.8 Å². The number of carbonyl (C=O) groups is 3. The fourth-order valence-corrected chi connectivity index (χ4v) is 6.17. The molecule has 6 rings (SSSR count). The fraction of sp³-hybridized carbons (Fsp3) is 0.306. The summed E-state index contributed by atoms with van der Waals surface area (Å²) >= 11 is 0. The number of aryl methyl sites for hydroxylation is 1. The number of halogens is 2. The van der Waals surface area contributed by atoms with E-state index in [1.54, 1.807) is 23.1 Å². The molecule has 0 unspecified atom stereocenters. The second-order valence-electron chi connectivity index (χ2n) is 12.2. The molecule has 1 aliphatic rings. The van der Waals surface area contributed by atoms with E-state index in [0.29, 0.717) is 50.0 Å². The number of nitrogens with zero attached hydrogens (tertiary/aromatic N) is 6. The zero-order chi connectivity index (χ0) is 36.2. The standard InChI is InChI=1S/C36H36F2N8O5/c1-3-15-45-32-30(35(50)46(36(45)51)19-14-39-22(2)47)41-31(42-32)25-10-12-29(40-21-25)44(33(48)24-9-11-27(37)28(38)20-24)17-6-16-43-18-13-23-7-4-5-8-26(23)34(43)49/h4-5,7-12,20-21H,3,6,13-19H2,1-2H3,(H,39,47)(H,41,42). The van der Waals surface area contributed by atoms with Gasteiger partial charge in [-0.2, -0.15) is 0 Å². The van der Waals surface area contributed by atoms with Crippen molar-refractivity contribution >= 4 is 34.7 Å². The van der Waals surface area contributed by atoms with Crippen LogP contribution in [0, 0.1) is 11.6 Å². The van der Waals surface area contributed by atoms with Crippen molar-refractivity contribution in [2.45, 2.75) is 46.2 Å². The van der Waals surface area contributed by atoms with Crippen molar-refractivity contribution in [3.8, 4) is 11.4 Å². The molecule has 13 nitrogen and oxygen atoms in total. The lowest BCUT2D eigenvalue weighted by Crippen LogP contribution is -2.42. The van der Waals surface area contributed by atoms with E-state index in [0.717, 1.165) is 22.3 Å². The SMILES string of the molecule is CCCn1c(=O)n(CCNC(C)=O)c(=O)c2[nH]c(-c3ccc(N(CCCN4CCc5ccccc5C4=O)C(=O)c4ccc(F)c(F)c4)nc3)nc21. The molecule has 264 valence electrons. The van der Waals surface area contributed by atoms with Gasteiger partial charge in [-0.05, 0) is 61.2 Å². The first-order chi connectivity index (χ1) is 24.6. The molecule has 5 aromatic rings. The van der Waals surface area contributed by atoms with Gasteiger partial charge >= 0.3 is 5.69 Å². The summed E-state index contributed by atoms with van der Waals surface area (Å²) in [4.78, 5) is 79.9. The normalized spacial score (nSPS) is 12.6. The topological polar surface area (TPSA) is 155 Å². The number of carbonyl (C=O) groups excluding carboxylic acids is 3. The summed E-state index contributed by atoms with van der Waals surface area (Å²) in [6.07, 6.45) is 3.13. The monoisotopic (exact) mass is 698 g/mol. The molecular formula is C36H36F2N8O5. The summed E-state index contributed by atoms with van der Waals surface area (Å²) in [5.41, 5.74) is 1.15. The molecule has 0 aliphatic carbocycles. The van der Waals surface area contributed by atoms with E-state index in [1.807, 2.05) is 25.1 Å². The largest absolute Gasteiger partial charge is 0.355 e. The molecule has 2 N–H and O–H groups in total. The van der Waals surface area contributed by atoms with Crippen molar-refractivity contribution < 1.29 is 23.2 Å². The van der Waals surface area contributed by atoms with Crippen LogP contribution in [0.4, 0.5) is 14.6 Å². The van der Waals surface area contributed by atoms with Crippen molar-refractivity contribution in [1.82, 2.24) is 34.3 Å². The molecule has 0 saturated heterocycles. The lowest BCUT2D eigenvalue weighted by atomic mass is 9.99. The van der Waals surface area contributed by atoms with Crippen LogP contribution in [0.3, 0.4) is 0 Å². The van der Waals surface area contributed by atoms with Crippen molar-refractivity contribution in [3.05, 3.63) is 110 Å². The third-order valence-electron chi connectivity index (χ3n) is 8.72.